The van der Waals surface area contributed by atoms with Crippen molar-refractivity contribution in [2.24, 2.45) is 17.6 Å². The Bertz CT molecular complexity index is 556. The van der Waals surface area contributed by atoms with Crippen LogP contribution in [0.2, 0.25) is 0 Å². The SMILES string of the molecule is CC1CCc2c(sc(NC(=O)[C@@H](N)C(C)C)c2C#N)C1. The molecule has 0 saturated carbocycles. The van der Waals surface area contributed by atoms with Crippen LogP contribution in [0.25, 0.3) is 0 Å². The summed E-state index contributed by atoms with van der Waals surface area (Å²) in [6.07, 6.45) is 3.04. The molecule has 5 heteroatoms. The van der Waals surface area contributed by atoms with E-state index in [4.69, 9.17) is 5.73 Å². The third-order valence-electron chi connectivity index (χ3n) is 3.88. The number of nitrogens with one attached hydrogen (secondary N) is 1. The first-order valence-electron chi connectivity index (χ1n) is 7.05. The summed E-state index contributed by atoms with van der Waals surface area (Å²) in [6, 6.07) is 1.70. The average Bonchev–Trinajstić information content (AvgIpc) is 2.73. The lowest BCUT2D eigenvalue weighted by molar-refractivity contribution is -0.118. The number of hydrogen-bond donors (Lipinski definition) is 2. The summed E-state index contributed by atoms with van der Waals surface area (Å²) < 4.78 is 0. The zero-order chi connectivity index (χ0) is 14.9. The van der Waals surface area contributed by atoms with Crippen molar-refractivity contribution < 1.29 is 4.79 Å². The molecule has 20 heavy (non-hydrogen) atoms. The van der Waals surface area contributed by atoms with Gasteiger partial charge in [-0.1, -0.05) is 20.8 Å². The number of thiophene rings is 1. The Morgan fingerprint density at radius 3 is 2.85 bits per heavy atom. The lowest BCUT2D eigenvalue weighted by Gasteiger charge is -2.17. The van der Waals surface area contributed by atoms with Gasteiger partial charge in [0.2, 0.25) is 5.91 Å². The Labute approximate surface area is 124 Å². The van der Waals surface area contributed by atoms with Gasteiger partial charge in [0.1, 0.15) is 11.1 Å². The lowest BCUT2D eigenvalue weighted by Crippen LogP contribution is -2.39. The standard InChI is InChI=1S/C15H21N3OS/c1-8(2)13(17)14(19)18-15-11(7-16)10-5-4-9(3)6-12(10)20-15/h8-9,13H,4-6,17H2,1-3H3,(H,18,19)/t9?,13-/m0/s1. The second kappa shape index (κ2) is 5.94. The van der Waals surface area contributed by atoms with Crippen LogP contribution in [0.3, 0.4) is 0 Å². The maximum absolute atomic E-state index is 12.1. The number of carbonyl (C=O) groups excluding carboxylic acids is 1. The van der Waals surface area contributed by atoms with E-state index in [2.05, 4.69) is 18.3 Å². The Balaban J connectivity index is 2.25. The molecular formula is C15H21N3OS. The van der Waals surface area contributed by atoms with Crippen LogP contribution in [-0.2, 0) is 17.6 Å². The quantitative estimate of drug-likeness (QED) is 0.898. The van der Waals surface area contributed by atoms with E-state index in [9.17, 15) is 10.1 Å². The van der Waals surface area contributed by atoms with Gasteiger partial charge in [-0.05, 0) is 36.7 Å². The fourth-order valence-electron chi connectivity index (χ4n) is 2.46. The molecule has 2 rings (SSSR count). The molecule has 0 saturated heterocycles. The first kappa shape index (κ1) is 15.0. The number of nitriles is 1. The maximum Gasteiger partial charge on any atom is 0.242 e. The first-order chi connectivity index (χ1) is 9.43. The lowest BCUT2D eigenvalue weighted by atomic mass is 9.88. The van der Waals surface area contributed by atoms with E-state index in [1.807, 2.05) is 13.8 Å². The van der Waals surface area contributed by atoms with Crippen molar-refractivity contribution in [1.29, 1.82) is 5.26 Å². The predicted octanol–water partition coefficient (Wildman–Crippen LogP) is 2.67. The van der Waals surface area contributed by atoms with Crippen LogP contribution >= 0.6 is 11.3 Å². The Morgan fingerprint density at radius 1 is 1.55 bits per heavy atom. The largest absolute Gasteiger partial charge is 0.320 e. The van der Waals surface area contributed by atoms with Gasteiger partial charge in [0, 0.05) is 4.88 Å². The summed E-state index contributed by atoms with van der Waals surface area (Å²) in [5.74, 6) is 0.521. The van der Waals surface area contributed by atoms with Crippen LogP contribution in [0.5, 0.6) is 0 Å². The molecule has 0 spiro atoms. The van der Waals surface area contributed by atoms with Gasteiger partial charge in [0.15, 0.2) is 0 Å². The monoisotopic (exact) mass is 291 g/mol. The molecule has 1 aromatic heterocycles. The number of nitrogens with zero attached hydrogens (tertiary/aromatic N) is 1. The zero-order valence-electron chi connectivity index (χ0n) is 12.2. The van der Waals surface area contributed by atoms with Gasteiger partial charge in [-0.3, -0.25) is 4.79 Å². The summed E-state index contributed by atoms with van der Waals surface area (Å²) in [5, 5.41) is 12.9. The molecule has 1 unspecified atom stereocenters. The molecule has 0 aromatic carbocycles. The molecule has 0 radical (unpaired) electrons. The minimum Gasteiger partial charge on any atom is -0.320 e. The van der Waals surface area contributed by atoms with Crippen LogP contribution in [0.1, 0.15) is 43.2 Å². The van der Waals surface area contributed by atoms with Gasteiger partial charge in [0.25, 0.3) is 0 Å². The molecule has 4 nitrogen and oxygen atoms in total. The summed E-state index contributed by atoms with van der Waals surface area (Å²) in [6.45, 7) is 6.05. The van der Waals surface area contributed by atoms with Gasteiger partial charge in [-0.2, -0.15) is 5.26 Å². The number of carbonyl (C=O) groups is 1. The molecule has 3 N–H and O–H groups in total. The fourth-order valence-corrected chi connectivity index (χ4v) is 3.82. The van der Waals surface area contributed by atoms with E-state index in [-0.39, 0.29) is 11.8 Å². The summed E-state index contributed by atoms with van der Waals surface area (Å²) >= 11 is 1.54. The molecule has 108 valence electrons. The van der Waals surface area contributed by atoms with Crippen molar-refractivity contribution in [2.45, 2.75) is 46.1 Å². The average molecular weight is 291 g/mol. The number of nitrogens with two attached hydrogens (primary N) is 1. The highest BCUT2D eigenvalue weighted by Crippen LogP contribution is 2.39. The van der Waals surface area contributed by atoms with Crippen LogP contribution in [0.4, 0.5) is 5.00 Å². The Morgan fingerprint density at radius 2 is 2.25 bits per heavy atom. The highest BCUT2D eigenvalue weighted by molar-refractivity contribution is 7.16. The summed E-state index contributed by atoms with van der Waals surface area (Å²) in [5.41, 5.74) is 7.62. The summed E-state index contributed by atoms with van der Waals surface area (Å²) in [4.78, 5) is 13.3. The van der Waals surface area contributed by atoms with E-state index in [1.165, 1.54) is 16.2 Å². The van der Waals surface area contributed by atoms with Gasteiger partial charge in [0.05, 0.1) is 11.6 Å². The minimum atomic E-state index is -0.542. The van der Waals surface area contributed by atoms with E-state index in [1.54, 1.807) is 0 Å². The van der Waals surface area contributed by atoms with E-state index < -0.39 is 6.04 Å². The molecule has 2 atom stereocenters. The third kappa shape index (κ3) is 2.87. The first-order valence-corrected chi connectivity index (χ1v) is 7.86. The molecule has 1 heterocycles. The minimum absolute atomic E-state index is 0.0788. The number of hydrogen-bond acceptors (Lipinski definition) is 4. The fraction of sp³-hybridized carbons (Fsp3) is 0.600. The predicted molar refractivity (Wildman–Crippen MR) is 81.7 cm³/mol. The van der Waals surface area contributed by atoms with Crippen LogP contribution in [0.15, 0.2) is 0 Å². The molecule has 0 aliphatic heterocycles. The van der Waals surface area contributed by atoms with E-state index in [0.29, 0.717) is 16.5 Å². The molecule has 1 amide bonds. The van der Waals surface area contributed by atoms with Crippen molar-refractivity contribution in [1.82, 2.24) is 0 Å². The van der Waals surface area contributed by atoms with Gasteiger partial charge in [-0.15, -0.1) is 11.3 Å². The van der Waals surface area contributed by atoms with E-state index >= 15 is 0 Å². The smallest absolute Gasteiger partial charge is 0.242 e. The van der Waals surface area contributed by atoms with Crippen LogP contribution in [-0.4, -0.2) is 11.9 Å². The van der Waals surface area contributed by atoms with E-state index in [0.717, 1.165) is 24.8 Å². The highest BCUT2D eigenvalue weighted by Gasteiger charge is 2.26. The number of anilines is 1. The van der Waals surface area contributed by atoms with Crippen molar-refractivity contribution in [2.75, 3.05) is 5.32 Å². The van der Waals surface area contributed by atoms with Crippen molar-refractivity contribution >= 4 is 22.2 Å². The Hall–Kier alpha value is -1.38. The molecule has 0 fully saturated rings. The number of fused-ring (bicyclic) bond motifs is 1. The van der Waals surface area contributed by atoms with Gasteiger partial charge in [-0.25, -0.2) is 0 Å². The third-order valence-corrected chi connectivity index (χ3v) is 5.05. The molecule has 1 aliphatic carbocycles. The normalized spacial score (nSPS) is 19.3. The van der Waals surface area contributed by atoms with Crippen molar-refractivity contribution in [3.8, 4) is 6.07 Å². The Kier molecular flexibility index (Phi) is 4.46. The van der Waals surface area contributed by atoms with Crippen LogP contribution < -0.4 is 11.1 Å². The van der Waals surface area contributed by atoms with Crippen molar-refractivity contribution in [3.05, 3.63) is 16.0 Å². The zero-order valence-corrected chi connectivity index (χ0v) is 13.0. The van der Waals surface area contributed by atoms with Crippen LogP contribution in [0, 0.1) is 23.2 Å². The molecule has 1 aliphatic rings. The second-order valence-corrected chi connectivity index (χ2v) is 7.03. The van der Waals surface area contributed by atoms with Gasteiger partial charge < -0.3 is 11.1 Å². The molecule has 1 aromatic rings. The number of amides is 1. The van der Waals surface area contributed by atoms with Gasteiger partial charge >= 0.3 is 0 Å². The topological polar surface area (TPSA) is 78.9 Å². The number of rotatable bonds is 3. The van der Waals surface area contributed by atoms with Crippen molar-refractivity contribution in [3.63, 3.8) is 0 Å². The maximum atomic E-state index is 12.1. The second-order valence-electron chi connectivity index (χ2n) is 5.93. The summed E-state index contributed by atoms with van der Waals surface area (Å²) in [7, 11) is 0. The molecule has 0 bridgehead atoms. The molecular weight excluding hydrogens is 270 g/mol. The highest BCUT2D eigenvalue weighted by atomic mass is 32.1.